The average molecular weight is 406 g/mol. The van der Waals surface area contributed by atoms with Gasteiger partial charge in [-0.2, -0.15) is 0 Å². The van der Waals surface area contributed by atoms with Gasteiger partial charge in [0, 0.05) is 29.7 Å². The summed E-state index contributed by atoms with van der Waals surface area (Å²) in [6.45, 7) is 1.47. The second kappa shape index (κ2) is 8.32. The summed E-state index contributed by atoms with van der Waals surface area (Å²) < 4.78 is 1.81. The number of fused-ring (bicyclic) bond motifs is 1. The summed E-state index contributed by atoms with van der Waals surface area (Å²) in [4.78, 5) is 25.6. The fraction of sp³-hybridized carbons (Fsp3) is 0.333. The predicted molar refractivity (Wildman–Crippen MR) is 115 cm³/mol. The highest BCUT2D eigenvalue weighted by Crippen LogP contribution is 2.34. The van der Waals surface area contributed by atoms with Crippen LogP contribution < -0.4 is 0 Å². The molecule has 0 bridgehead atoms. The monoisotopic (exact) mass is 406 g/mol. The molecule has 30 heavy (non-hydrogen) atoms. The van der Waals surface area contributed by atoms with Crippen molar-refractivity contribution in [3.63, 3.8) is 0 Å². The van der Waals surface area contributed by atoms with E-state index in [1.807, 2.05) is 28.8 Å². The maximum Gasteiger partial charge on any atom is 0.335 e. The van der Waals surface area contributed by atoms with Gasteiger partial charge in [-0.25, -0.2) is 4.79 Å². The number of aryl methyl sites for hydroxylation is 1. The minimum absolute atomic E-state index is 0.198. The highest BCUT2D eigenvalue weighted by molar-refractivity contribution is 5.96. The second-order valence-corrected chi connectivity index (χ2v) is 8.14. The summed E-state index contributed by atoms with van der Waals surface area (Å²) in [7, 11) is 1.82. The Morgan fingerprint density at radius 1 is 1.07 bits per heavy atom. The van der Waals surface area contributed by atoms with E-state index in [1.54, 1.807) is 18.2 Å². The number of carboxylic acids is 2. The van der Waals surface area contributed by atoms with Crippen LogP contribution in [0, 0.1) is 5.92 Å². The Bertz CT molecular complexity index is 1070. The smallest absolute Gasteiger partial charge is 0.335 e. The van der Waals surface area contributed by atoms with Gasteiger partial charge < -0.3 is 14.8 Å². The quantitative estimate of drug-likeness (QED) is 0.648. The first-order valence-corrected chi connectivity index (χ1v) is 10.3. The zero-order valence-corrected chi connectivity index (χ0v) is 17.0. The number of nitrogens with zero attached hydrogens (tertiary/aromatic N) is 2. The van der Waals surface area contributed by atoms with Crippen molar-refractivity contribution >= 4 is 22.8 Å². The van der Waals surface area contributed by atoms with Gasteiger partial charge in [0.05, 0.1) is 5.56 Å². The second-order valence-electron chi connectivity index (χ2n) is 8.14. The third kappa shape index (κ3) is 3.96. The van der Waals surface area contributed by atoms with Crippen molar-refractivity contribution in [2.75, 3.05) is 13.1 Å². The molecule has 0 amide bonds. The molecule has 3 aromatic rings. The van der Waals surface area contributed by atoms with Crippen LogP contribution in [0.3, 0.4) is 0 Å². The predicted octanol–water partition coefficient (Wildman–Crippen LogP) is 3.96. The van der Waals surface area contributed by atoms with Gasteiger partial charge >= 0.3 is 11.9 Å². The molecule has 2 aromatic carbocycles. The first-order chi connectivity index (χ1) is 14.4. The Hall–Kier alpha value is -3.12. The van der Waals surface area contributed by atoms with E-state index in [0.717, 1.165) is 48.8 Å². The van der Waals surface area contributed by atoms with Crippen LogP contribution >= 0.6 is 0 Å². The van der Waals surface area contributed by atoms with Crippen molar-refractivity contribution in [1.29, 1.82) is 0 Å². The van der Waals surface area contributed by atoms with Crippen LogP contribution in [0.1, 0.15) is 40.4 Å². The highest BCUT2D eigenvalue weighted by atomic mass is 16.4. The molecule has 4 rings (SSSR count). The van der Waals surface area contributed by atoms with Gasteiger partial charge in [-0.15, -0.1) is 0 Å². The van der Waals surface area contributed by atoms with E-state index in [1.165, 1.54) is 5.56 Å². The lowest BCUT2D eigenvalue weighted by atomic mass is 9.89. The SMILES string of the molecule is Cn1cc([C@@H](C(=O)O)N2CCC(Cc3ccccc3)CC2)c2ccc(C(=O)O)cc21. The molecule has 1 atom stereocenters. The van der Waals surface area contributed by atoms with Gasteiger partial charge in [0.1, 0.15) is 6.04 Å². The van der Waals surface area contributed by atoms with Crippen LogP contribution in [0.2, 0.25) is 0 Å². The number of rotatable bonds is 6. The molecule has 0 radical (unpaired) electrons. The van der Waals surface area contributed by atoms with Crippen molar-refractivity contribution in [2.24, 2.45) is 13.0 Å². The van der Waals surface area contributed by atoms with Crippen molar-refractivity contribution in [3.8, 4) is 0 Å². The zero-order chi connectivity index (χ0) is 21.3. The lowest BCUT2D eigenvalue weighted by Gasteiger charge is -2.35. The molecule has 1 saturated heterocycles. The molecule has 6 nitrogen and oxygen atoms in total. The Kier molecular flexibility index (Phi) is 5.59. The van der Waals surface area contributed by atoms with E-state index in [0.29, 0.717) is 5.92 Å². The average Bonchev–Trinajstić information content (AvgIpc) is 3.05. The molecular formula is C24H26N2O4. The van der Waals surface area contributed by atoms with Crippen molar-refractivity contribution in [2.45, 2.75) is 25.3 Å². The van der Waals surface area contributed by atoms with Crippen molar-refractivity contribution < 1.29 is 19.8 Å². The lowest BCUT2D eigenvalue weighted by molar-refractivity contribution is -0.144. The molecule has 1 aliphatic rings. The number of piperidine rings is 1. The number of aromatic nitrogens is 1. The maximum atomic E-state index is 12.3. The van der Waals surface area contributed by atoms with Crippen LogP contribution in [-0.2, 0) is 18.3 Å². The summed E-state index contributed by atoms with van der Waals surface area (Å²) in [5.74, 6) is -1.30. The zero-order valence-electron chi connectivity index (χ0n) is 17.0. The number of benzene rings is 2. The number of aliphatic carboxylic acids is 1. The fourth-order valence-electron chi connectivity index (χ4n) is 4.61. The van der Waals surface area contributed by atoms with Crippen molar-refractivity contribution in [3.05, 3.63) is 71.4 Å². The topological polar surface area (TPSA) is 82.8 Å². The number of likely N-dealkylation sites (tertiary alicyclic amines) is 1. The van der Waals surface area contributed by atoms with Gasteiger partial charge in [0.2, 0.25) is 0 Å². The molecule has 6 heteroatoms. The van der Waals surface area contributed by atoms with E-state index in [4.69, 9.17) is 0 Å². The maximum absolute atomic E-state index is 12.3. The molecule has 2 N–H and O–H groups in total. The minimum Gasteiger partial charge on any atom is -0.480 e. The van der Waals surface area contributed by atoms with Crippen LogP contribution in [-0.4, -0.2) is 44.7 Å². The van der Waals surface area contributed by atoms with E-state index in [2.05, 4.69) is 24.3 Å². The molecule has 0 saturated carbocycles. The van der Waals surface area contributed by atoms with Crippen LogP contribution in [0.4, 0.5) is 0 Å². The van der Waals surface area contributed by atoms with Crippen LogP contribution in [0.15, 0.2) is 54.7 Å². The Morgan fingerprint density at radius 2 is 1.77 bits per heavy atom. The van der Waals surface area contributed by atoms with Gasteiger partial charge in [0.25, 0.3) is 0 Å². The van der Waals surface area contributed by atoms with E-state index >= 15 is 0 Å². The largest absolute Gasteiger partial charge is 0.480 e. The molecule has 0 aliphatic carbocycles. The molecule has 1 aliphatic heterocycles. The number of aromatic carboxylic acids is 1. The molecule has 0 spiro atoms. The molecule has 1 aromatic heterocycles. The summed E-state index contributed by atoms with van der Waals surface area (Å²) in [5, 5.41) is 20.1. The molecule has 2 heterocycles. The minimum atomic E-state index is -0.991. The molecular weight excluding hydrogens is 380 g/mol. The normalized spacial score (nSPS) is 16.6. The highest BCUT2D eigenvalue weighted by Gasteiger charge is 2.33. The van der Waals surface area contributed by atoms with E-state index in [-0.39, 0.29) is 5.56 Å². The van der Waals surface area contributed by atoms with Gasteiger partial charge in [-0.05, 0) is 56.0 Å². The van der Waals surface area contributed by atoms with Crippen LogP contribution in [0.5, 0.6) is 0 Å². The molecule has 1 fully saturated rings. The number of hydrogen-bond donors (Lipinski definition) is 2. The van der Waals surface area contributed by atoms with E-state index in [9.17, 15) is 19.8 Å². The Labute approximate surface area is 175 Å². The Morgan fingerprint density at radius 3 is 2.40 bits per heavy atom. The van der Waals surface area contributed by atoms with E-state index < -0.39 is 18.0 Å². The molecule has 0 unspecified atom stereocenters. The van der Waals surface area contributed by atoms with Gasteiger partial charge in [0.15, 0.2) is 0 Å². The standard InChI is InChI=1S/C24H26N2O4/c1-25-15-20(19-8-7-18(23(27)28)14-21(19)25)22(24(29)30)26-11-9-17(10-12-26)13-16-5-3-2-4-6-16/h2-8,14-15,17,22H,9-13H2,1H3,(H,27,28)(H,29,30)/t22-/m0/s1. The summed E-state index contributed by atoms with van der Waals surface area (Å²) in [6, 6.07) is 14.6. The summed E-state index contributed by atoms with van der Waals surface area (Å²) in [6.07, 6.45) is 4.78. The fourth-order valence-corrected chi connectivity index (χ4v) is 4.61. The van der Waals surface area contributed by atoms with Gasteiger partial charge in [-0.1, -0.05) is 36.4 Å². The van der Waals surface area contributed by atoms with Gasteiger partial charge in [-0.3, -0.25) is 9.69 Å². The number of carbonyl (C=O) groups is 2. The Balaban J connectivity index is 1.55. The van der Waals surface area contributed by atoms with Crippen LogP contribution in [0.25, 0.3) is 10.9 Å². The third-order valence-corrected chi connectivity index (χ3v) is 6.18. The van der Waals surface area contributed by atoms with Crippen molar-refractivity contribution in [1.82, 2.24) is 9.47 Å². The summed E-state index contributed by atoms with van der Waals surface area (Å²) >= 11 is 0. The third-order valence-electron chi connectivity index (χ3n) is 6.18. The number of carboxylic acid groups (broad SMARTS) is 2. The molecule has 156 valence electrons. The lowest BCUT2D eigenvalue weighted by Crippen LogP contribution is -2.40. The first-order valence-electron chi connectivity index (χ1n) is 10.3. The summed E-state index contributed by atoms with van der Waals surface area (Å²) in [5.41, 5.74) is 2.98. The number of hydrogen-bond acceptors (Lipinski definition) is 3. The first kappa shape index (κ1) is 20.2.